The van der Waals surface area contributed by atoms with E-state index in [1.54, 1.807) is 20.8 Å². The van der Waals surface area contributed by atoms with Crippen molar-refractivity contribution in [3.63, 3.8) is 0 Å². The summed E-state index contributed by atoms with van der Waals surface area (Å²) in [4.78, 5) is 48.9. The lowest BCUT2D eigenvalue weighted by Crippen LogP contribution is -2.62. The van der Waals surface area contributed by atoms with Crippen molar-refractivity contribution >= 4 is 23.8 Å². The summed E-state index contributed by atoms with van der Waals surface area (Å²) in [6.07, 6.45) is -0.305. The number of esters is 1. The first-order valence-corrected chi connectivity index (χ1v) is 11.1. The number of hydrogen-bond donors (Lipinski definition) is 3. The van der Waals surface area contributed by atoms with Crippen LogP contribution < -0.4 is 5.32 Å². The van der Waals surface area contributed by atoms with Crippen molar-refractivity contribution < 1.29 is 34.1 Å². The van der Waals surface area contributed by atoms with Crippen LogP contribution in [0.4, 0.5) is 0 Å². The molecule has 0 aromatic rings. The van der Waals surface area contributed by atoms with Gasteiger partial charge in [-0.2, -0.15) is 0 Å². The third kappa shape index (κ3) is 9.57. The Morgan fingerprint density at radius 2 is 1.28 bits per heavy atom. The van der Waals surface area contributed by atoms with Crippen molar-refractivity contribution in [1.29, 1.82) is 0 Å². The quantitative estimate of drug-likeness (QED) is 0.418. The summed E-state index contributed by atoms with van der Waals surface area (Å²) in [5.41, 5.74) is -3.27. The number of carbonyl (C=O) groups is 4. The molecule has 0 spiro atoms. The molecule has 0 aliphatic carbocycles. The second kappa shape index (κ2) is 10.7. The molecular weight excluding hydrogens is 414 g/mol. The summed E-state index contributed by atoms with van der Waals surface area (Å²) >= 11 is 0. The Morgan fingerprint density at radius 3 is 1.59 bits per heavy atom. The van der Waals surface area contributed by atoms with E-state index in [9.17, 15) is 29.4 Å². The molecule has 0 saturated carbocycles. The van der Waals surface area contributed by atoms with Gasteiger partial charge in [0.2, 0.25) is 5.91 Å². The van der Waals surface area contributed by atoms with Crippen LogP contribution >= 0.6 is 0 Å². The third-order valence-corrected chi connectivity index (χ3v) is 5.47. The second-order valence-electron chi connectivity index (χ2n) is 11.8. The molecule has 3 atom stereocenters. The molecule has 0 aliphatic heterocycles. The van der Waals surface area contributed by atoms with Crippen LogP contribution in [0.5, 0.6) is 0 Å². The smallest absolute Gasteiger partial charge is 0.307 e. The zero-order valence-corrected chi connectivity index (χ0v) is 21.4. The fourth-order valence-corrected chi connectivity index (χ4v) is 4.70. The maximum atomic E-state index is 12.5. The molecule has 32 heavy (non-hydrogen) atoms. The number of carboxylic acid groups (broad SMARTS) is 2. The molecule has 0 heterocycles. The number of amides is 1. The van der Waals surface area contributed by atoms with Gasteiger partial charge < -0.3 is 20.3 Å². The highest BCUT2D eigenvalue weighted by Crippen LogP contribution is 2.50. The fourth-order valence-electron chi connectivity index (χ4n) is 4.70. The topological polar surface area (TPSA) is 130 Å². The largest absolute Gasteiger partial charge is 0.481 e. The normalized spacial score (nSPS) is 16.4. The van der Waals surface area contributed by atoms with Crippen LogP contribution in [0.25, 0.3) is 0 Å². The SMILES string of the molecule is CC(=O)NC(CCC(=O)O)(CCC(=O)OC(C)(C)C)C(C(C(=O)O)C(C)(C)C)C(C)(C)C. The van der Waals surface area contributed by atoms with Crippen molar-refractivity contribution in [3.05, 3.63) is 0 Å². The van der Waals surface area contributed by atoms with Gasteiger partial charge >= 0.3 is 17.9 Å². The van der Waals surface area contributed by atoms with Gasteiger partial charge in [-0.15, -0.1) is 0 Å². The van der Waals surface area contributed by atoms with E-state index < -0.39 is 57.6 Å². The predicted molar refractivity (Wildman–Crippen MR) is 122 cm³/mol. The molecule has 8 nitrogen and oxygen atoms in total. The van der Waals surface area contributed by atoms with Gasteiger partial charge in [0.1, 0.15) is 5.60 Å². The lowest BCUT2D eigenvalue weighted by molar-refractivity contribution is -0.159. The van der Waals surface area contributed by atoms with Gasteiger partial charge in [0, 0.05) is 31.2 Å². The minimum atomic E-state index is -1.24. The lowest BCUT2D eigenvalue weighted by Gasteiger charge is -2.53. The highest BCUT2D eigenvalue weighted by Gasteiger charge is 2.54. The van der Waals surface area contributed by atoms with E-state index in [4.69, 9.17) is 4.74 Å². The van der Waals surface area contributed by atoms with Gasteiger partial charge in [0.25, 0.3) is 0 Å². The minimum Gasteiger partial charge on any atom is -0.481 e. The van der Waals surface area contributed by atoms with Crippen molar-refractivity contribution in [2.24, 2.45) is 22.7 Å². The number of carboxylic acids is 2. The number of ether oxygens (including phenoxy) is 1. The van der Waals surface area contributed by atoms with Crippen LogP contribution in [0.15, 0.2) is 0 Å². The monoisotopic (exact) mass is 457 g/mol. The van der Waals surface area contributed by atoms with Gasteiger partial charge in [-0.1, -0.05) is 41.5 Å². The first-order valence-electron chi connectivity index (χ1n) is 11.1. The Morgan fingerprint density at radius 1 is 0.812 bits per heavy atom. The maximum Gasteiger partial charge on any atom is 0.307 e. The third-order valence-electron chi connectivity index (χ3n) is 5.47. The number of rotatable bonds is 10. The first-order chi connectivity index (χ1) is 14.1. The molecule has 0 aromatic carbocycles. The summed E-state index contributed by atoms with van der Waals surface area (Å²) in [6.45, 7) is 17.6. The first kappa shape index (κ1) is 29.9. The van der Waals surface area contributed by atoms with Crippen molar-refractivity contribution in [2.75, 3.05) is 0 Å². The summed E-state index contributed by atoms with van der Waals surface area (Å²) in [5, 5.41) is 22.5. The van der Waals surface area contributed by atoms with Crippen LogP contribution in [-0.2, 0) is 23.9 Å². The Labute approximate surface area is 192 Å². The minimum absolute atomic E-state index is 0.00743. The standard InChI is InChI=1S/C24H43NO7/c1-15(26)25-24(13-11-16(27)28,14-12-17(29)32-23(8,9)10)19(22(5,6)7)18(20(30)31)21(2,3)4/h18-19H,11-14H2,1-10H3,(H,25,26)(H,27,28)(H,30,31). The molecule has 0 radical (unpaired) electrons. The summed E-state index contributed by atoms with van der Waals surface area (Å²) in [7, 11) is 0. The zero-order chi connectivity index (χ0) is 25.7. The fraction of sp³-hybridized carbons (Fsp3) is 0.833. The predicted octanol–water partition coefficient (Wildman–Crippen LogP) is 4.26. The van der Waals surface area contributed by atoms with Crippen molar-refractivity contribution in [1.82, 2.24) is 5.32 Å². The Kier molecular flexibility index (Phi) is 9.96. The molecule has 0 bridgehead atoms. The van der Waals surface area contributed by atoms with Gasteiger partial charge in [-0.25, -0.2) is 0 Å². The molecule has 0 aromatic heterocycles. The second-order valence-corrected chi connectivity index (χ2v) is 11.8. The number of hydrogen-bond acceptors (Lipinski definition) is 5. The Bertz CT molecular complexity index is 695. The van der Waals surface area contributed by atoms with Crippen molar-refractivity contribution in [3.8, 4) is 0 Å². The Balaban J connectivity index is 6.73. The highest BCUT2D eigenvalue weighted by molar-refractivity contribution is 5.76. The van der Waals surface area contributed by atoms with E-state index in [1.807, 2.05) is 41.5 Å². The van der Waals surface area contributed by atoms with Crippen LogP contribution in [0.2, 0.25) is 0 Å². The summed E-state index contributed by atoms with van der Waals surface area (Å²) in [6, 6.07) is 0. The molecule has 0 fully saturated rings. The molecular formula is C24H43NO7. The van der Waals surface area contributed by atoms with E-state index in [-0.39, 0.29) is 25.7 Å². The Hall–Kier alpha value is -2.12. The highest BCUT2D eigenvalue weighted by atomic mass is 16.6. The van der Waals surface area contributed by atoms with Crippen molar-refractivity contribution in [2.45, 2.75) is 106 Å². The van der Waals surface area contributed by atoms with Gasteiger partial charge in [-0.05, 0) is 44.4 Å². The van der Waals surface area contributed by atoms with Gasteiger partial charge in [0.15, 0.2) is 0 Å². The summed E-state index contributed by atoms with van der Waals surface area (Å²) in [5.74, 6) is -4.57. The molecule has 1 amide bonds. The summed E-state index contributed by atoms with van der Waals surface area (Å²) < 4.78 is 5.42. The van der Waals surface area contributed by atoms with E-state index in [0.717, 1.165) is 0 Å². The molecule has 186 valence electrons. The molecule has 3 unspecified atom stereocenters. The van der Waals surface area contributed by atoms with E-state index >= 15 is 0 Å². The van der Waals surface area contributed by atoms with Crippen LogP contribution in [-0.4, -0.2) is 45.2 Å². The van der Waals surface area contributed by atoms with E-state index in [1.165, 1.54) is 6.92 Å². The molecule has 0 saturated heterocycles. The van der Waals surface area contributed by atoms with Crippen LogP contribution in [0.3, 0.4) is 0 Å². The van der Waals surface area contributed by atoms with E-state index in [2.05, 4.69) is 5.32 Å². The van der Waals surface area contributed by atoms with Crippen LogP contribution in [0, 0.1) is 22.7 Å². The molecule has 3 N–H and O–H groups in total. The average Bonchev–Trinajstić information content (AvgIpc) is 2.50. The number of aliphatic carboxylic acids is 2. The number of carbonyl (C=O) groups excluding carboxylic acids is 2. The lowest BCUT2D eigenvalue weighted by atomic mass is 9.55. The van der Waals surface area contributed by atoms with Gasteiger partial charge in [0.05, 0.1) is 5.92 Å². The average molecular weight is 458 g/mol. The molecule has 0 aliphatic rings. The molecule has 0 rings (SSSR count). The van der Waals surface area contributed by atoms with E-state index in [0.29, 0.717) is 0 Å². The van der Waals surface area contributed by atoms with Gasteiger partial charge in [-0.3, -0.25) is 19.2 Å². The zero-order valence-electron chi connectivity index (χ0n) is 21.4. The number of nitrogens with one attached hydrogen (secondary N) is 1. The van der Waals surface area contributed by atoms with Crippen LogP contribution in [0.1, 0.15) is 94.9 Å². The maximum absolute atomic E-state index is 12.5. The molecule has 8 heteroatoms.